The number of hydrogen-bond acceptors (Lipinski definition) is 8. The molecule has 0 saturated heterocycles. The van der Waals surface area contributed by atoms with E-state index in [1.165, 1.54) is 48.5 Å². The van der Waals surface area contributed by atoms with E-state index >= 15 is 0 Å². The van der Waals surface area contributed by atoms with Crippen molar-refractivity contribution in [2.75, 3.05) is 9.44 Å². The summed E-state index contributed by atoms with van der Waals surface area (Å²) in [4.78, 5) is 12.8. The Balaban J connectivity index is 1.65. The second kappa shape index (κ2) is 11.0. The molecular formula is C22H16ClFN4O5S4. The lowest BCUT2D eigenvalue weighted by Gasteiger charge is -2.12. The molecule has 0 atom stereocenters. The Kier molecular flexibility index (Phi) is 7.94. The first kappa shape index (κ1) is 26.8. The zero-order valence-corrected chi connectivity index (χ0v) is 22.4. The second-order valence-electron chi connectivity index (χ2n) is 7.21. The second-order valence-corrected chi connectivity index (χ2v) is 13.3. The molecule has 0 aliphatic carbocycles. The summed E-state index contributed by atoms with van der Waals surface area (Å²) in [6, 6.07) is 13.6. The van der Waals surface area contributed by atoms with Crippen molar-refractivity contribution in [3.8, 4) is 0 Å². The highest BCUT2D eigenvalue weighted by molar-refractivity contribution is 7.95. The summed E-state index contributed by atoms with van der Waals surface area (Å²) >= 11 is 7.90. The van der Waals surface area contributed by atoms with E-state index in [2.05, 4.69) is 20.0 Å². The molecule has 0 radical (unpaired) electrons. The number of nitrogens with one attached hydrogen (secondary N) is 3. The molecule has 0 aliphatic rings. The van der Waals surface area contributed by atoms with Crippen molar-refractivity contribution >= 4 is 77.8 Å². The van der Waals surface area contributed by atoms with Gasteiger partial charge >= 0.3 is 0 Å². The van der Waals surface area contributed by atoms with E-state index in [1.54, 1.807) is 22.9 Å². The first-order valence-corrected chi connectivity index (χ1v) is 15.2. The highest BCUT2D eigenvalue weighted by atomic mass is 35.5. The van der Waals surface area contributed by atoms with Crippen LogP contribution in [0.25, 0.3) is 0 Å². The number of amides is 1. The van der Waals surface area contributed by atoms with Gasteiger partial charge in [0.05, 0.1) is 22.6 Å². The zero-order chi connectivity index (χ0) is 26.6. The number of hydrogen-bond donors (Lipinski definition) is 3. The lowest BCUT2D eigenvalue weighted by atomic mass is 10.1. The van der Waals surface area contributed by atoms with Gasteiger partial charge in [-0.2, -0.15) is 5.10 Å². The topological polar surface area (TPSA) is 134 Å². The molecular weight excluding hydrogens is 583 g/mol. The average Bonchev–Trinajstić information content (AvgIpc) is 3.55. The fourth-order valence-electron chi connectivity index (χ4n) is 2.97. The Morgan fingerprint density at radius 1 is 0.865 bits per heavy atom. The predicted octanol–water partition coefficient (Wildman–Crippen LogP) is 4.97. The number of benzene rings is 2. The van der Waals surface area contributed by atoms with Gasteiger partial charge in [0.25, 0.3) is 26.0 Å². The van der Waals surface area contributed by atoms with Gasteiger partial charge in [0, 0.05) is 11.1 Å². The minimum atomic E-state index is -4.00. The standard InChI is InChI=1S/C22H16ClFN4O5S4/c23-18-4-1-5-19(24)17(18)13-25-26-22(29)14-10-15(27-36(30,31)20-6-2-8-34-20)12-16(11-14)28-37(32,33)21-7-3-9-35-21/h1-13,27-28H,(H,26,29)/b25-13+. The number of hydrazone groups is 1. The Bertz CT molecular complexity index is 1570. The summed E-state index contributed by atoms with van der Waals surface area (Å²) in [5.74, 6) is -1.47. The number of carbonyl (C=O) groups is 1. The summed E-state index contributed by atoms with van der Waals surface area (Å²) in [5.41, 5.74) is 1.85. The van der Waals surface area contributed by atoms with E-state index in [4.69, 9.17) is 11.6 Å². The predicted molar refractivity (Wildman–Crippen MR) is 143 cm³/mol. The van der Waals surface area contributed by atoms with Crippen LogP contribution in [-0.2, 0) is 20.0 Å². The van der Waals surface area contributed by atoms with E-state index in [9.17, 15) is 26.0 Å². The van der Waals surface area contributed by atoms with Crippen molar-refractivity contribution in [3.63, 3.8) is 0 Å². The fraction of sp³-hybridized carbons (Fsp3) is 0. The van der Waals surface area contributed by atoms with Crippen LogP contribution in [-0.4, -0.2) is 29.0 Å². The van der Waals surface area contributed by atoms with Crippen LogP contribution in [0, 0.1) is 5.82 Å². The normalized spacial score (nSPS) is 11.9. The molecule has 0 saturated carbocycles. The zero-order valence-electron chi connectivity index (χ0n) is 18.4. The SMILES string of the molecule is O=C(N/N=C/c1c(F)cccc1Cl)c1cc(NS(=O)(=O)c2cccs2)cc(NS(=O)(=O)c2cccs2)c1. The maximum Gasteiger partial charge on any atom is 0.271 e. The lowest BCUT2D eigenvalue weighted by molar-refractivity contribution is 0.0955. The molecule has 1 amide bonds. The minimum absolute atomic E-state index is 0.0226. The molecule has 0 bridgehead atoms. The highest BCUT2D eigenvalue weighted by Crippen LogP contribution is 2.27. The molecule has 0 unspecified atom stereocenters. The van der Waals surface area contributed by atoms with E-state index < -0.39 is 31.8 Å². The van der Waals surface area contributed by atoms with Crippen LogP contribution < -0.4 is 14.9 Å². The molecule has 4 rings (SSSR count). The number of rotatable bonds is 9. The molecule has 0 aliphatic heterocycles. The number of halogens is 2. The van der Waals surface area contributed by atoms with Crippen molar-refractivity contribution in [2.45, 2.75) is 8.42 Å². The van der Waals surface area contributed by atoms with Crippen molar-refractivity contribution in [1.29, 1.82) is 0 Å². The third-order valence-corrected chi connectivity index (χ3v) is 10.5. The molecule has 192 valence electrons. The Hall–Kier alpha value is -3.30. The number of anilines is 2. The number of nitrogens with zero attached hydrogens (tertiary/aromatic N) is 1. The van der Waals surface area contributed by atoms with Crippen LogP contribution in [0.15, 0.2) is 84.9 Å². The van der Waals surface area contributed by atoms with Gasteiger partial charge in [-0.05, 0) is 53.2 Å². The smallest absolute Gasteiger partial charge is 0.271 e. The maximum atomic E-state index is 13.9. The van der Waals surface area contributed by atoms with E-state index in [1.807, 2.05) is 0 Å². The third kappa shape index (κ3) is 6.53. The minimum Gasteiger partial charge on any atom is -0.279 e. The Labute approximate surface area is 224 Å². The molecule has 15 heteroatoms. The Morgan fingerprint density at radius 2 is 1.43 bits per heavy atom. The number of carbonyl (C=O) groups excluding carboxylic acids is 1. The lowest BCUT2D eigenvalue weighted by Crippen LogP contribution is -2.20. The average molecular weight is 599 g/mol. The molecule has 2 aromatic carbocycles. The molecule has 3 N–H and O–H groups in total. The maximum absolute atomic E-state index is 13.9. The monoisotopic (exact) mass is 598 g/mol. The summed E-state index contributed by atoms with van der Waals surface area (Å²) < 4.78 is 69.5. The van der Waals surface area contributed by atoms with Crippen molar-refractivity contribution < 1.29 is 26.0 Å². The van der Waals surface area contributed by atoms with Crippen molar-refractivity contribution in [2.24, 2.45) is 5.10 Å². The van der Waals surface area contributed by atoms with Crippen LogP contribution in [0.1, 0.15) is 15.9 Å². The van der Waals surface area contributed by atoms with E-state index in [0.717, 1.165) is 28.9 Å². The van der Waals surface area contributed by atoms with Crippen LogP contribution >= 0.6 is 34.3 Å². The fourth-order valence-corrected chi connectivity index (χ4v) is 7.25. The highest BCUT2D eigenvalue weighted by Gasteiger charge is 2.20. The third-order valence-electron chi connectivity index (χ3n) is 4.58. The van der Waals surface area contributed by atoms with Crippen LogP contribution in [0.3, 0.4) is 0 Å². The van der Waals surface area contributed by atoms with E-state index in [0.29, 0.717) is 0 Å². The van der Waals surface area contributed by atoms with Gasteiger partial charge in [0.15, 0.2) is 0 Å². The van der Waals surface area contributed by atoms with Gasteiger partial charge < -0.3 is 0 Å². The summed E-state index contributed by atoms with van der Waals surface area (Å²) in [7, 11) is -8.01. The van der Waals surface area contributed by atoms with Gasteiger partial charge in [-0.25, -0.2) is 26.7 Å². The van der Waals surface area contributed by atoms with Crippen LogP contribution in [0.5, 0.6) is 0 Å². The molecule has 0 spiro atoms. The first-order chi connectivity index (χ1) is 17.5. The van der Waals surface area contributed by atoms with Crippen molar-refractivity contribution in [1.82, 2.24) is 5.43 Å². The Morgan fingerprint density at radius 3 is 1.92 bits per heavy atom. The number of thiophene rings is 2. The summed E-state index contributed by atoms with van der Waals surface area (Å²) in [6.07, 6.45) is 1.01. The molecule has 37 heavy (non-hydrogen) atoms. The molecule has 0 fully saturated rings. The van der Waals surface area contributed by atoms with Crippen molar-refractivity contribution in [3.05, 3.63) is 93.4 Å². The number of sulfonamides is 2. The molecule has 2 heterocycles. The van der Waals surface area contributed by atoms with Gasteiger partial charge in [0.1, 0.15) is 14.2 Å². The largest absolute Gasteiger partial charge is 0.279 e. The summed E-state index contributed by atoms with van der Waals surface area (Å²) in [5, 5.41) is 6.95. The van der Waals surface area contributed by atoms with Gasteiger partial charge in [-0.15, -0.1) is 22.7 Å². The van der Waals surface area contributed by atoms with Crippen LogP contribution in [0.2, 0.25) is 5.02 Å². The molecule has 9 nitrogen and oxygen atoms in total. The van der Waals surface area contributed by atoms with Gasteiger partial charge in [-0.3, -0.25) is 14.2 Å². The van der Waals surface area contributed by atoms with Crippen LogP contribution in [0.4, 0.5) is 15.8 Å². The first-order valence-electron chi connectivity index (χ1n) is 10.1. The van der Waals surface area contributed by atoms with Gasteiger partial charge in [0.2, 0.25) is 0 Å². The summed E-state index contributed by atoms with van der Waals surface area (Å²) in [6.45, 7) is 0. The van der Waals surface area contributed by atoms with Gasteiger partial charge in [-0.1, -0.05) is 29.8 Å². The molecule has 4 aromatic rings. The molecule has 2 aromatic heterocycles. The van der Waals surface area contributed by atoms with E-state index in [-0.39, 0.29) is 35.9 Å². The quantitative estimate of drug-likeness (QED) is 0.185.